The van der Waals surface area contributed by atoms with Crippen LogP contribution in [0.2, 0.25) is 0 Å². The van der Waals surface area contributed by atoms with Crippen molar-refractivity contribution < 1.29 is 5.11 Å². The van der Waals surface area contributed by atoms with Gasteiger partial charge in [0.25, 0.3) is 5.56 Å². The molecule has 8 heteroatoms. The Morgan fingerprint density at radius 2 is 2.20 bits per heavy atom. The van der Waals surface area contributed by atoms with E-state index < -0.39 is 11.2 Å². The van der Waals surface area contributed by atoms with Gasteiger partial charge in [-0.2, -0.15) is 0 Å². The lowest BCUT2D eigenvalue weighted by Crippen LogP contribution is -2.29. The number of rotatable bonds is 5. The number of hydrogen-bond acceptors (Lipinski definition) is 5. The summed E-state index contributed by atoms with van der Waals surface area (Å²) in [6.45, 7) is 2.40. The zero-order valence-corrected chi connectivity index (χ0v) is 12.1. The number of H-pyrrole nitrogens is 1. The van der Waals surface area contributed by atoms with Gasteiger partial charge in [-0.05, 0) is 6.92 Å². The summed E-state index contributed by atoms with van der Waals surface area (Å²) in [6.07, 6.45) is 3.77. The molecule has 0 saturated carbocycles. The first kappa shape index (κ1) is 14.6. The highest BCUT2D eigenvalue weighted by molar-refractivity contribution is 7.99. The van der Waals surface area contributed by atoms with Gasteiger partial charge in [0.15, 0.2) is 16.3 Å². The number of aliphatic hydroxyl groups is 1. The van der Waals surface area contributed by atoms with Crippen LogP contribution in [0.4, 0.5) is 0 Å². The number of nitrogens with zero attached hydrogens (tertiary/aromatic N) is 3. The van der Waals surface area contributed by atoms with Crippen LogP contribution in [0.5, 0.6) is 0 Å². The van der Waals surface area contributed by atoms with Gasteiger partial charge in [0.2, 0.25) is 0 Å². The molecule has 20 heavy (non-hydrogen) atoms. The summed E-state index contributed by atoms with van der Waals surface area (Å²) < 4.78 is 3.06. The van der Waals surface area contributed by atoms with Crippen molar-refractivity contribution in [2.75, 3.05) is 12.4 Å². The van der Waals surface area contributed by atoms with Gasteiger partial charge in [-0.25, -0.2) is 9.78 Å². The summed E-state index contributed by atoms with van der Waals surface area (Å²) in [5, 5.41) is 9.54. The Labute approximate surface area is 119 Å². The average Bonchev–Trinajstić information content (AvgIpc) is 2.79. The zero-order chi connectivity index (χ0) is 14.7. The minimum atomic E-state index is -0.489. The van der Waals surface area contributed by atoms with Crippen LogP contribution in [-0.2, 0) is 13.6 Å². The highest BCUT2D eigenvalue weighted by atomic mass is 32.2. The molecule has 0 aliphatic rings. The van der Waals surface area contributed by atoms with E-state index in [2.05, 4.69) is 9.97 Å². The molecule has 0 amide bonds. The number of hydrogen-bond donors (Lipinski definition) is 2. The number of allylic oxidation sites excluding steroid dienone is 2. The summed E-state index contributed by atoms with van der Waals surface area (Å²) in [5.41, 5.74) is -0.220. The molecule has 2 N–H and O–H groups in total. The van der Waals surface area contributed by atoms with Gasteiger partial charge in [-0.3, -0.25) is 14.3 Å². The quantitative estimate of drug-likeness (QED) is 0.602. The van der Waals surface area contributed by atoms with E-state index in [0.29, 0.717) is 28.6 Å². The molecule has 0 fully saturated rings. The van der Waals surface area contributed by atoms with E-state index in [4.69, 9.17) is 5.11 Å². The zero-order valence-electron chi connectivity index (χ0n) is 11.3. The Kier molecular flexibility index (Phi) is 4.46. The van der Waals surface area contributed by atoms with E-state index >= 15 is 0 Å². The largest absolute Gasteiger partial charge is 0.396 e. The smallest absolute Gasteiger partial charge is 0.329 e. The van der Waals surface area contributed by atoms with Crippen LogP contribution in [0.3, 0.4) is 0 Å². The SMILES string of the molecule is C/C=C\Cn1c(SCCO)nc2c1c(=O)[nH]c(=O)n2C. The first-order valence-corrected chi connectivity index (χ1v) is 7.13. The molecule has 0 bridgehead atoms. The van der Waals surface area contributed by atoms with E-state index in [-0.39, 0.29) is 6.61 Å². The predicted molar refractivity (Wildman–Crippen MR) is 78.2 cm³/mol. The van der Waals surface area contributed by atoms with Crippen LogP contribution in [0.1, 0.15) is 6.92 Å². The highest BCUT2D eigenvalue weighted by Crippen LogP contribution is 2.21. The van der Waals surface area contributed by atoms with Crippen LogP contribution in [0, 0.1) is 0 Å². The van der Waals surface area contributed by atoms with Crippen LogP contribution in [0.25, 0.3) is 11.2 Å². The molecule has 0 aromatic carbocycles. The van der Waals surface area contributed by atoms with Crippen molar-refractivity contribution in [3.8, 4) is 0 Å². The fraction of sp³-hybridized carbons (Fsp3) is 0.417. The second-order valence-corrected chi connectivity index (χ2v) is 5.20. The Hall–Kier alpha value is -1.80. The molecular weight excluding hydrogens is 280 g/mol. The van der Waals surface area contributed by atoms with E-state index in [1.165, 1.54) is 16.3 Å². The number of aromatic amines is 1. The number of fused-ring (bicyclic) bond motifs is 1. The molecule has 0 aliphatic carbocycles. The van der Waals surface area contributed by atoms with Crippen LogP contribution >= 0.6 is 11.8 Å². The maximum Gasteiger partial charge on any atom is 0.329 e. The van der Waals surface area contributed by atoms with Crippen LogP contribution in [0.15, 0.2) is 26.9 Å². The number of aryl methyl sites for hydroxylation is 1. The molecule has 0 saturated heterocycles. The van der Waals surface area contributed by atoms with Crippen molar-refractivity contribution in [2.24, 2.45) is 7.05 Å². The van der Waals surface area contributed by atoms with E-state index in [0.717, 1.165) is 0 Å². The molecule has 2 rings (SSSR count). The van der Waals surface area contributed by atoms with Gasteiger partial charge in [0.05, 0.1) is 6.61 Å². The summed E-state index contributed by atoms with van der Waals surface area (Å²) in [4.78, 5) is 30.2. The third-order valence-corrected chi connectivity index (χ3v) is 3.77. The van der Waals surface area contributed by atoms with Crippen LogP contribution < -0.4 is 11.2 Å². The molecule has 0 atom stereocenters. The van der Waals surface area contributed by atoms with Gasteiger partial charge in [-0.1, -0.05) is 23.9 Å². The Morgan fingerprint density at radius 3 is 2.85 bits per heavy atom. The summed E-state index contributed by atoms with van der Waals surface area (Å²) in [5.74, 6) is 0.477. The maximum atomic E-state index is 12.0. The van der Waals surface area contributed by atoms with Gasteiger partial charge in [0.1, 0.15) is 0 Å². The standard InChI is InChI=1S/C12H16N4O3S/c1-3-4-5-16-8-9(13-12(16)20-7-6-17)15(2)11(19)14-10(8)18/h3-4,17H,5-7H2,1-2H3,(H,14,18,19)/b4-3-. The van der Waals surface area contributed by atoms with Gasteiger partial charge >= 0.3 is 5.69 Å². The molecule has 2 aromatic heterocycles. The minimum absolute atomic E-state index is 0.0206. The maximum absolute atomic E-state index is 12.0. The lowest BCUT2D eigenvalue weighted by atomic mass is 10.4. The van der Waals surface area contributed by atoms with Crippen molar-refractivity contribution in [1.29, 1.82) is 0 Å². The first-order valence-electron chi connectivity index (χ1n) is 6.14. The number of nitrogens with one attached hydrogen (secondary N) is 1. The second-order valence-electron chi connectivity index (χ2n) is 4.14. The molecule has 108 valence electrons. The molecular formula is C12H16N4O3S. The fourth-order valence-electron chi connectivity index (χ4n) is 1.84. The molecule has 2 heterocycles. The van der Waals surface area contributed by atoms with E-state index in [1.54, 1.807) is 11.6 Å². The number of thioether (sulfide) groups is 1. The topological polar surface area (TPSA) is 92.9 Å². The molecule has 2 aromatic rings. The van der Waals surface area contributed by atoms with E-state index in [1.807, 2.05) is 19.1 Å². The van der Waals surface area contributed by atoms with E-state index in [9.17, 15) is 9.59 Å². The predicted octanol–water partition coefficient (Wildman–Crippen LogP) is 0.0838. The molecule has 0 aliphatic heterocycles. The van der Waals surface area contributed by atoms with Crippen molar-refractivity contribution in [3.63, 3.8) is 0 Å². The molecule has 0 spiro atoms. The van der Waals surface area contributed by atoms with Gasteiger partial charge in [-0.15, -0.1) is 0 Å². The lowest BCUT2D eigenvalue weighted by molar-refractivity contribution is 0.322. The average molecular weight is 296 g/mol. The van der Waals surface area contributed by atoms with Gasteiger partial charge < -0.3 is 9.67 Å². The third kappa shape index (κ3) is 2.56. The van der Waals surface area contributed by atoms with Crippen molar-refractivity contribution >= 4 is 22.9 Å². The van der Waals surface area contributed by atoms with Crippen LogP contribution in [-0.4, -0.2) is 36.6 Å². The summed E-state index contributed by atoms with van der Waals surface area (Å²) in [6, 6.07) is 0. The monoisotopic (exact) mass is 296 g/mol. The second kappa shape index (κ2) is 6.10. The van der Waals surface area contributed by atoms with Crippen molar-refractivity contribution in [2.45, 2.75) is 18.6 Å². The molecule has 0 unspecified atom stereocenters. The summed E-state index contributed by atoms with van der Waals surface area (Å²) >= 11 is 1.35. The minimum Gasteiger partial charge on any atom is -0.396 e. The lowest BCUT2D eigenvalue weighted by Gasteiger charge is -2.04. The number of imidazole rings is 1. The highest BCUT2D eigenvalue weighted by Gasteiger charge is 2.16. The van der Waals surface area contributed by atoms with Gasteiger partial charge in [0, 0.05) is 19.3 Å². The summed E-state index contributed by atoms with van der Waals surface area (Å²) in [7, 11) is 1.56. The Balaban J connectivity index is 2.72. The Bertz CT molecular complexity index is 756. The van der Waals surface area contributed by atoms with Crippen molar-refractivity contribution in [3.05, 3.63) is 33.0 Å². The molecule has 0 radical (unpaired) electrons. The third-order valence-electron chi connectivity index (χ3n) is 2.82. The first-order chi connectivity index (χ1) is 9.60. The number of aromatic nitrogens is 4. The fourth-order valence-corrected chi connectivity index (χ4v) is 2.59. The normalized spacial score (nSPS) is 11.8. The molecule has 7 nitrogen and oxygen atoms in total. The Morgan fingerprint density at radius 1 is 1.45 bits per heavy atom. The number of aliphatic hydroxyl groups excluding tert-OH is 1. The van der Waals surface area contributed by atoms with Crippen molar-refractivity contribution in [1.82, 2.24) is 19.1 Å².